The van der Waals surface area contributed by atoms with E-state index in [0.29, 0.717) is 12.1 Å². The highest BCUT2D eigenvalue weighted by molar-refractivity contribution is 5.75. The van der Waals surface area contributed by atoms with Gasteiger partial charge in [0.05, 0.1) is 5.56 Å². The van der Waals surface area contributed by atoms with Gasteiger partial charge >= 0.3 is 12.1 Å². The molecule has 0 aromatic heterocycles. The minimum Gasteiger partial charge on any atom is -0.481 e. The molecule has 7 heteroatoms. The molecule has 1 aromatic carbocycles. The average molecular weight is 305 g/mol. The third-order valence-electron chi connectivity index (χ3n) is 3.80. The summed E-state index contributed by atoms with van der Waals surface area (Å²) in [6, 6.07) is 4.88. The standard InChI is InChI=1S/C14H15F4NO2/c15-8-13(12(20)21)4-5-19(9-13)7-10-2-1-3-11(6-10)14(16,17)18/h1-3,6H,4-5,7-9H2,(H,20,21). The molecule has 0 saturated carbocycles. The average Bonchev–Trinajstić information content (AvgIpc) is 2.83. The molecule has 3 nitrogen and oxygen atoms in total. The minimum atomic E-state index is -4.41. The van der Waals surface area contributed by atoms with Crippen LogP contribution in [0.15, 0.2) is 24.3 Å². The lowest BCUT2D eigenvalue weighted by atomic mass is 9.89. The summed E-state index contributed by atoms with van der Waals surface area (Å²) in [5, 5.41) is 9.08. The number of alkyl halides is 4. The van der Waals surface area contributed by atoms with Gasteiger partial charge in [-0.3, -0.25) is 9.69 Å². The molecule has 1 atom stereocenters. The van der Waals surface area contributed by atoms with Crippen molar-refractivity contribution in [2.75, 3.05) is 19.8 Å². The van der Waals surface area contributed by atoms with Crippen molar-refractivity contribution >= 4 is 5.97 Å². The fourth-order valence-corrected chi connectivity index (χ4v) is 2.54. The highest BCUT2D eigenvalue weighted by Crippen LogP contribution is 2.33. The Kier molecular flexibility index (Phi) is 4.22. The quantitative estimate of drug-likeness (QED) is 0.870. The molecule has 1 N–H and O–H groups in total. The minimum absolute atomic E-state index is 0.00901. The maximum atomic E-state index is 13.0. The van der Waals surface area contributed by atoms with Gasteiger partial charge in [0.25, 0.3) is 0 Å². The van der Waals surface area contributed by atoms with Crippen molar-refractivity contribution in [2.24, 2.45) is 5.41 Å². The number of rotatable bonds is 4. The zero-order valence-electron chi connectivity index (χ0n) is 11.2. The number of hydrogen-bond donors (Lipinski definition) is 1. The van der Waals surface area contributed by atoms with Gasteiger partial charge in [-0.25, -0.2) is 4.39 Å². The molecule has 1 saturated heterocycles. The molecule has 1 unspecified atom stereocenters. The molecule has 116 valence electrons. The lowest BCUT2D eigenvalue weighted by Gasteiger charge is -2.21. The molecule has 0 spiro atoms. The Morgan fingerprint density at radius 2 is 2.10 bits per heavy atom. The van der Waals surface area contributed by atoms with Crippen LogP contribution >= 0.6 is 0 Å². The molecule has 0 amide bonds. The van der Waals surface area contributed by atoms with Gasteiger partial charge in [-0.05, 0) is 24.6 Å². The molecular weight excluding hydrogens is 290 g/mol. The second-order valence-electron chi connectivity index (χ2n) is 5.38. The number of hydrogen-bond acceptors (Lipinski definition) is 2. The second-order valence-corrected chi connectivity index (χ2v) is 5.38. The molecular formula is C14H15F4NO2. The monoisotopic (exact) mass is 305 g/mol. The van der Waals surface area contributed by atoms with Gasteiger partial charge in [0, 0.05) is 13.1 Å². The van der Waals surface area contributed by atoms with Gasteiger partial charge in [-0.1, -0.05) is 18.2 Å². The molecule has 1 heterocycles. The molecule has 0 bridgehead atoms. The first-order valence-corrected chi connectivity index (χ1v) is 6.45. The number of likely N-dealkylation sites (tertiary alicyclic amines) is 1. The normalized spacial score (nSPS) is 23.4. The van der Waals surface area contributed by atoms with Crippen LogP contribution in [0.4, 0.5) is 17.6 Å². The lowest BCUT2D eigenvalue weighted by Crippen LogP contribution is -2.36. The van der Waals surface area contributed by atoms with Crippen LogP contribution in [0.5, 0.6) is 0 Å². The van der Waals surface area contributed by atoms with Gasteiger partial charge in [-0.15, -0.1) is 0 Å². The number of benzene rings is 1. The van der Waals surface area contributed by atoms with Crippen LogP contribution in [0.2, 0.25) is 0 Å². The van der Waals surface area contributed by atoms with Crippen molar-refractivity contribution in [2.45, 2.75) is 19.1 Å². The molecule has 1 aliphatic rings. The topological polar surface area (TPSA) is 40.5 Å². The Balaban J connectivity index is 2.09. The Morgan fingerprint density at radius 3 is 2.62 bits per heavy atom. The van der Waals surface area contributed by atoms with Gasteiger partial charge in [0.1, 0.15) is 12.1 Å². The number of halogens is 4. The van der Waals surface area contributed by atoms with Crippen molar-refractivity contribution < 1.29 is 27.5 Å². The maximum absolute atomic E-state index is 13.0. The lowest BCUT2D eigenvalue weighted by molar-refractivity contribution is -0.149. The summed E-state index contributed by atoms with van der Waals surface area (Å²) in [7, 11) is 0. The van der Waals surface area contributed by atoms with E-state index in [4.69, 9.17) is 5.11 Å². The maximum Gasteiger partial charge on any atom is 0.416 e. The summed E-state index contributed by atoms with van der Waals surface area (Å²) in [5.41, 5.74) is -1.74. The zero-order chi connectivity index (χ0) is 15.7. The summed E-state index contributed by atoms with van der Waals surface area (Å²) in [6.45, 7) is -0.429. The van der Waals surface area contributed by atoms with E-state index in [1.165, 1.54) is 6.07 Å². The van der Waals surface area contributed by atoms with Crippen molar-refractivity contribution in [1.29, 1.82) is 0 Å². The Hall–Kier alpha value is -1.63. The molecule has 1 aliphatic heterocycles. The largest absolute Gasteiger partial charge is 0.481 e. The van der Waals surface area contributed by atoms with Crippen LogP contribution in [-0.2, 0) is 17.5 Å². The fourth-order valence-electron chi connectivity index (χ4n) is 2.54. The number of nitrogens with zero attached hydrogens (tertiary/aromatic N) is 1. The highest BCUT2D eigenvalue weighted by atomic mass is 19.4. The third kappa shape index (κ3) is 3.34. The first kappa shape index (κ1) is 15.8. The van der Waals surface area contributed by atoms with Crippen LogP contribution in [0.3, 0.4) is 0 Å². The van der Waals surface area contributed by atoms with Crippen LogP contribution in [-0.4, -0.2) is 35.7 Å². The van der Waals surface area contributed by atoms with Gasteiger partial charge in [0.2, 0.25) is 0 Å². The van der Waals surface area contributed by atoms with Crippen LogP contribution in [0.1, 0.15) is 17.5 Å². The van der Waals surface area contributed by atoms with E-state index >= 15 is 0 Å². The van der Waals surface area contributed by atoms with Crippen molar-refractivity contribution in [3.63, 3.8) is 0 Å². The molecule has 1 fully saturated rings. The molecule has 0 aliphatic carbocycles. The molecule has 21 heavy (non-hydrogen) atoms. The van der Waals surface area contributed by atoms with E-state index in [-0.39, 0.29) is 19.5 Å². The Labute approximate surface area is 119 Å². The number of aliphatic carboxylic acids is 1. The van der Waals surface area contributed by atoms with Gasteiger partial charge in [0.15, 0.2) is 0 Å². The van der Waals surface area contributed by atoms with E-state index in [1.54, 1.807) is 11.0 Å². The van der Waals surface area contributed by atoms with E-state index in [2.05, 4.69) is 0 Å². The molecule has 0 radical (unpaired) electrons. The van der Waals surface area contributed by atoms with Crippen LogP contribution < -0.4 is 0 Å². The van der Waals surface area contributed by atoms with E-state index < -0.39 is 29.8 Å². The number of carbonyl (C=O) groups is 1. The SMILES string of the molecule is O=C(O)C1(CF)CCN(Cc2cccc(C(F)(F)F)c2)C1. The van der Waals surface area contributed by atoms with Crippen molar-refractivity contribution in [3.05, 3.63) is 35.4 Å². The highest BCUT2D eigenvalue weighted by Gasteiger charge is 2.45. The van der Waals surface area contributed by atoms with Gasteiger partial charge in [-0.2, -0.15) is 13.2 Å². The summed E-state index contributed by atoms with van der Waals surface area (Å²) in [5.74, 6) is -1.20. The van der Waals surface area contributed by atoms with E-state index in [0.717, 1.165) is 12.1 Å². The smallest absolute Gasteiger partial charge is 0.416 e. The van der Waals surface area contributed by atoms with E-state index in [9.17, 15) is 22.4 Å². The summed E-state index contributed by atoms with van der Waals surface area (Å²) >= 11 is 0. The van der Waals surface area contributed by atoms with Crippen molar-refractivity contribution in [1.82, 2.24) is 4.90 Å². The first-order chi connectivity index (χ1) is 9.77. The third-order valence-corrected chi connectivity index (χ3v) is 3.80. The summed E-state index contributed by atoms with van der Waals surface area (Å²) in [6.07, 6.45) is -4.25. The summed E-state index contributed by atoms with van der Waals surface area (Å²) in [4.78, 5) is 12.8. The van der Waals surface area contributed by atoms with Crippen LogP contribution in [0.25, 0.3) is 0 Å². The Bertz CT molecular complexity index is 532. The van der Waals surface area contributed by atoms with Crippen LogP contribution in [0, 0.1) is 5.41 Å². The first-order valence-electron chi connectivity index (χ1n) is 6.45. The summed E-state index contributed by atoms with van der Waals surface area (Å²) < 4.78 is 50.9. The predicted molar refractivity (Wildman–Crippen MR) is 67.4 cm³/mol. The zero-order valence-corrected chi connectivity index (χ0v) is 11.2. The number of carboxylic acid groups (broad SMARTS) is 1. The fraction of sp³-hybridized carbons (Fsp3) is 0.500. The molecule has 2 rings (SSSR count). The van der Waals surface area contributed by atoms with E-state index in [1.807, 2.05) is 0 Å². The second kappa shape index (κ2) is 5.63. The Morgan fingerprint density at radius 1 is 1.38 bits per heavy atom. The number of carboxylic acids is 1. The van der Waals surface area contributed by atoms with Crippen molar-refractivity contribution in [3.8, 4) is 0 Å². The predicted octanol–water partition coefficient (Wildman–Crippen LogP) is 2.95. The van der Waals surface area contributed by atoms with Gasteiger partial charge < -0.3 is 5.11 Å². The molecule has 1 aromatic rings.